The lowest BCUT2D eigenvalue weighted by molar-refractivity contribution is -0.143. The molecule has 1 unspecified atom stereocenters. The summed E-state index contributed by atoms with van der Waals surface area (Å²) in [7, 11) is -5.91. The van der Waals surface area contributed by atoms with Gasteiger partial charge in [0.15, 0.2) is 23.2 Å². The highest BCUT2D eigenvalue weighted by molar-refractivity contribution is 6.84. The summed E-state index contributed by atoms with van der Waals surface area (Å²) in [5, 5.41) is 5.91. The summed E-state index contributed by atoms with van der Waals surface area (Å²) < 4.78 is 49.3. The van der Waals surface area contributed by atoms with Crippen LogP contribution in [-0.4, -0.2) is 107 Å². The summed E-state index contributed by atoms with van der Waals surface area (Å²) in [5.74, 6) is 0.0469. The number of nitrogens with one attached hydrogen (secondary N) is 2. The molecule has 2 aliphatic heterocycles. The molecule has 5 rings (SSSR count). The summed E-state index contributed by atoms with van der Waals surface area (Å²) in [6.07, 6.45) is 26.5. The van der Waals surface area contributed by atoms with Gasteiger partial charge in [-0.3, -0.25) is 14.2 Å². The van der Waals surface area contributed by atoms with E-state index in [9.17, 15) is 9.59 Å². The van der Waals surface area contributed by atoms with E-state index < -0.39 is 41.7 Å². The van der Waals surface area contributed by atoms with E-state index in [1.54, 1.807) is 18.5 Å². The highest BCUT2D eigenvalue weighted by atomic mass is 28.5. The fourth-order valence-electron chi connectivity index (χ4n) is 10.5. The minimum atomic E-state index is -3.06. The predicted molar refractivity (Wildman–Crippen MR) is 295 cm³/mol. The van der Waals surface area contributed by atoms with E-state index in [1.807, 2.05) is 22.8 Å². The van der Waals surface area contributed by atoms with Crippen LogP contribution in [0, 0.1) is 0 Å². The molecule has 1 aromatic carbocycles. The van der Waals surface area contributed by atoms with Gasteiger partial charge in [-0.25, -0.2) is 15.0 Å². The van der Waals surface area contributed by atoms with Crippen LogP contribution in [0.25, 0.3) is 11.2 Å². The van der Waals surface area contributed by atoms with Crippen LogP contribution < -0.4 is 10.6 Å². The second-order valence-corrected chi connectivity index (χ2v) is 30.6. The van der Waals surface area contributed by atoms with Gasteiger partial charge in [-0.05, 0) is 40.7 Å². The summed E-state index contributed by atoms with van der Waals surface area (Å²) in [5.41, 5.74) is 1.88. The van der Waals surface area contributed by atoms with Gasteiger partial charge in [-0.1, -0.05) is 196 Å². The standard InChI is InChI=1S/C56H96N6O9Si2/c1-10-11-12-13-14-15-16-17-18-19-20-21-22-23-24-25-26-27-31-34-49(63)57-35-36-65-37-38-66-42-67-52-51-48(39-68-72(43(2)3,44(4)5)71-73(70-51,45(6)7)46(8)9)69-56(52)62-41-60-50-53(58-40-59-54(50)62)61-55(64)47-32-29-28-30-33-47/h28-30,32-33,40-41,43-46,48,51-52,56H,10-27,31,34-39,42H2,1-9H3,(H,57,63)(H,58,59,61,64)/t48-,51?,52+,56-/m1/s1. The molecule has 2 amide bonds. The molecule has 2 N–H and O–H groups in total. The number of fused-ring (bicyclic) bond motifs is 2. The molecular formula is C56H96N6O9Si2. The third-order valence-corrected chi connectivity index (χ3v) is 25.1. The van der Waals surface area contributed by atoms with Crippen molar-refractivity contribution < 1.29 is 41.5 Å². The Hall–Kier alpha value is -3.14. The monoisotopic (exact) mass is 1050 g/mol. The number of hydrogen-bond acceptors (Lipinski definition) is 12. The normalized spacial score (nSPS) is 19.7. The smallest absolute Gasteiger partial charge is 0.335 e. The first kappa shape index (κ1) is 60.7. The Balaban J connectivity index is 1.06. The van der Waals surface area contributed by atoms with Crippen molar-refractivity contribution in [1.29, 1.82) is 0 Å². The number of rotatable bonds is 36. The average Bonchev–Trinajstić information content (AvgIpc) is 3.94. The molecule has 2 fully saturated rings. The van der Waals surface area contributed by atoms with Crippen molar-refractivity contribution in [1.82, 2.24) is 24.8 Å². The number of nitrogens with zero attached hydrogens (tertiary/aromatic N) is 4. The molecule has 2 aromatic heterocycles. The van der Waals surface area contributed by atoms with Gasteiger partial charge in [0.25, 0.3) is 5.91 Å². The molecule has 2 saturated heterocycles. The lowest BCUT2D eigenvalue weighted by Crippen LogP contribution is -2.66. The first-order chi connectivity index (χ1) is 35.3. The topological polar surface area (TPSA) is 166 Å². The minimum absolute atomic E-state index is 0.0626. The number of carbonyl (C=O) groups is 2. The van der Waals surface area contributed by atoms with Crippen LogP contribution >= 0.6 is 0 Å². The summed E-state index contributed by atoms with van der Waals surface area (Å²) >= 11 is 0. The van der Waals surface area contributed by atoms with Gasteiger partial charge in [0.1, 0.15) is 31.4 Å². The van der Waals surface area contributed by atoms with Crippen LogP contribution in [0.4, 0.5) is 5.82 Å². The summed E-state index contributed by atoms with van der Waals surface area (Å²) in [6, 6.07) is 8.96. The third-order valence-electron chi connectivity index (χ3n) is 14.8. The molecule has 3 aromatic rings. The molecule has 0 spiro atoms. The molecule has 17 heteroatoms. The van der Waals surface area contributed by atoms with Crippen LogP contribution in [0.3, 0.4) is 0 Å². The SMILES string of the molecule is CCCCCCCCCCCCCCCCCCCCCC(=O)NCCOCCOCO[C@H]1C2O[Si](C(C)C)(C(C)C)O[Si](C(C)C)(C(C)C)OC[C@H]2O[C@H]1n1cnc2c(NC(=O)c3ccccc3)ncnc21. The Morgan fingerprint density at radius 1 is 0.699 bits per heavy atom. The molecule has 4 heterocycles. The van der Waals surface area contributed by atoms with Gasteiger partial charge in [0, 0.05) is 18.5 Å². The van der Waals surface area contributed by atoms with E-state index in [1.165, 1.54) is 115 Å². The van der Waals surface area contributed by atoms with Crippen molar-refractivity contribution >= 4 is 45.9 Å². The van der Waals surface area contributed by atoms with Gasteiger partial charge < -0.3 is 42.5 Å². The van der Waals surface area contributed by atoms with E-state index in [2.05, 4.69) is 82.9 Å². The molecule has 15 nitrogen and oxygen atoms in total. The zero-order valence-corrected chi connectivity index (χ0v) is 48.5. The van der Waals surface area contributed by atoms with Gasteiger partial charge in [-0.15, -0.1) is 0 Å². The molecular weight excluding hydrogens is 957 g/mol. The molecule has 4 atom stereocenters. The Labute approximate surface area is 441 Å². The van der Waals surface area contributed by atoms with Crippen molar-refractivity contribution in [2.45, 2.75) is 237 Å². The lowest BCUT2D eigenvalue weighted by atomic mass is 10.0. The van der Waals surface area contributed by atoms with Gasteiger partial charge in [0.05, 0.1) is 32.8 Å². The Bertz CT molecular complexity index is 1990. The van der Waals surface area contributed by atoms with Crippen molar-refractivity contribution in [2.75, 3.05) is 45.1 Å². The van der Waals surface area contributed by atoms with Crippen LogP contribution in [-0.2, 0) is 36.7 Å². The molecule has 2 aliphatic rings. The summed E-state index contributed by atoms with van der Waals surface area (Å²) in [4.78, 5) is 39.4. The van der Waals surface area contributed by atoms with Crippen LogP contribution in [0.1, 0.15) is 207 Å². The van der Waals surface area contributed by atoms with Crippen LogP contribution in [0.15, 0.2) is 43.0 Å². The molecule has 0 bridgehead atoms. The second-order valence-electron chi connectivity index (χ2n) is 21.7. The van der Waals surface area contributed by atoms with E-state index in [4.69, 9.17) is 36.9 Å². The minimum Gasteiger partial charge on any atom is -0.414 e. The lowest BCUT2D eigenvalue weighted by Gasteiger charge is -2.51. The first-order valence-corrected chi connectivity index (χ1v) is 32.5. The third kappa shape index (κ3) is 18.3. The maximum Gasteiger partial charge on any atom is 0.335 e. The van der Waals surface area contributed by atoms with E-state index in [0.29, 0.717) is 42.9 Å². The average molecular weight is 1050 g/mol. The number of imidazole rings is 1. The number of benzene rings is 1. The molecule has 0 radical (unpaired) electrons. The van der Waals surface area contributed by atoms with E-state index in [-0.39, 0.29) is 59.8 Å². The van der Waals surface area contributed by atoms with E-state index in [0.717, 1.165) is 12.8 Å². The van der Waals surface area contributed by atoms with Gasteiger partial charge in [0.2, 0.25) is 5.91 Å². The highest BCUT2D eigenvalue weighted by Crippen LogP contribution is 2.49. The summed E-state index contributed by atoms with van der Waals surface area (Å²) in [6.45, 7) is 21.5. The Kier molecular flexibility index (Phi) is 27.0. The number of unbranched alkanes of at least 4 members (excludes halogenated alkanes) is 18. The van der Waals surface area contributed by atoms with Crippen LogP contribution in [0.2, 0.25) is 22.2 Å². The second kappa shape index (κ2) is 32.4. The number of hydrogen-bond donors (Lipinski definition) is 2. The maximum absolute atomic E-state index is 13.2. The number of ether oxygens (including phenoxy) is 4. The Morgan fingerprint density at radius 2 is 1.26 bits per heavy atom. The molecule has 73 heavy (non-hydrogen) atoms. The quantitative estimate of drug-likeness (QED) is 0.0322. The fourth-order valence-corrected chi connectivity index (χ4v) is 21.8. The van der Waals surface area contributed by atoms with Gasteiger partial charge in [-0.2, -0.15) is 0 Å². The first-order valence-electron chi connectivity index (χ1n) is 28.6. The van der Waals surface area contributed by atoms with Crippen molar-refractivity contribution in [3.05, 3.63) is 48.5 Å². The number of anilines is 1. The van der Waals surface area contributed by atoms with Gasteiger partial charge >= 0.3 is 17.1 Å². The molecule has 0 aliphatic carbocycles. The zero-order chi connectivity index (χ0) is 52.5. The van der Waals surface area contributed by atoms with E-state index >= 15 is 0 Å². The number of amides is 2. The highest BCUT2D eigenvalue weighted by Gasteiger charge is 2.62. The number of carbonyl (C=O) groups excluding carboxylic acids is 2. The largest absolute Gasteiger partial charge is 0.414 e. The number of aromatic nitrogens is 4. The molecule has 412 valence electrons. The Morgan fingerprint density at radius 3 is 1.84 bits per heavy atom. The van der Waals surface area contributed by atoms with Crippen LogP contribution in [0.5, 0.6) is 0 Å². The zero-order valence-electron chi connectivity index (χ0n) is 46.5. The van der Waals surface area contributed by atoms with Crippen molar-refractivity contribution in [3.63, 3.8) is 0 Å². The molecule has 0 saturated carbocycles. The maximum atomic E-state index is 13.2. The van der Waals surface area contributed by atoms with Crippen molar-refractivity contribution in [3.8, 4) is 0 Å². The van der Waals surface area contributed by atoms with Crippen molar-refractivity contribution in [2.24, 2.45) is 0 Å². The fraction of sp³-hybridized carbons (Fsp3) is 0.768. The predicted octanol–water partition coefficient (Wildman–Crippen LogP) is 13.2.